The van der Waals surface area contributed by atoms with Crippen molar-refractivity contribution in [1.82, 2.24) is 25.8 Å². The van der Waals surface area contributed by atoms with Gasteiger partial charge >= 0.3 is 6.03 Å². The number of halogens is 2. The highest BCUT2D eigenvalue weighted by molar-refractivity contribution is 7.19. The van der Waals surface area contributed by atoms with Gasteiger partial charge in [-0.05, 0) is 24.3 Å². The number of urea groups is 1. The van der Waals surface area contributed by atoms with Gasteiger partial charge in [-0.25, -0.2) is 18.6 Å². The van der Waals surface area contributed by atoms with E-state index in [1.165, 1.54) is 26.2 Å². The number of nitrogens with one attached hydrogen (secondary N) is 4. The molecular weight excluding hydrogens is 550 g/mol. The molecule has 0 saturated heterocycles. The second-order valence-electron chi connectivity index (χ2n) is 8.02. The van der Waals surface area contributed by atoms with E-state index in [0.29, 0.717) is 11.8 Å². The van der Waals surface area contributed by atoms with Crippen LogP contribution < -0.4 is 31.7 Å². The van der Waals surface area contributed by atoms with Crippen LogP contribution in [0.15, 0.2) is 40.9 Å². The molecule has 0 aliphatic carbocycles. The van der Waals surface area contributed by atoms with Gasteiger partial charge in [0.2, 0.25) is 11.7 Å². The van der Waals surface area contributed by atoms with Crippen molar-refractivity contribution >= 4 is 45.8 Å². The first-order valence-electron chi connectivity index (χ1n) is 11.5. The molecule has 2 aromatic carbocycles. The number of nitrogens with zero attached hydrogens (tertiary/aromatic N) is 3. The van der Waals surface area contributed by atoms with Gasteiger partial charge < -0.3 is 30.9 Å². The molecule has 2 aromatic heterocycles. The van der Waals surface area contributed by atoms with Gasteiger partial charge in [-0.15, -0.1) is 0 Å². The Kier molecular flexibility index (Phi) is 8.48. The number of amides is 4. The van der Waals surface area contributed by atoms with Crippen LogP contribution in [0.3, 0.4) is 0 Å². The number of carbonyl (C=O) groups is 3. The fraction of sp³-hybridized carbons (Fsp3) is 0.167. The van der Waals surface area contributed by atoms with Crippen LogP contribution in [0.2, 0.25) is 0 Å². The Bertz CT molecular complexity index is 1570. The second kappa shape index (κ2) is 12.2. The molecule has 0 spiro atoms. The van der Waals surface area contributed by atoms with Crippen LogP contribution in [0.25, 0.3) is 22.2 Å². The minimum atomic E-state index is -1.01. The van der Waals surface area contributed by atoms with Crippen LogP contribution in [-0.4, -0.2) is 53.2 Å². The largest absolute Gasteiger partial charge is 0.497 e. The van der Waals surface area contributed by atoms with E-state index in [-0.39, 0.29) is 63.4 Å². The van der Waals surface area contributed by atoms with E-state index in [4.69, 9.17) is 15.0 Å². The highest BCUT2D eigenvalue weighted by Gasteiger charge is 2.22. The number of nitrogens with two attached hydrogens (primary N) is 1. The molecule has 0 atom stereocenters. The second-order valence-corrected chi connectivity index (χ2v) is 9.02. The summed E-state index contributed by atoms with van der Waals surface area (Å²) in [6.07, 6.45) is 0. The van der Waals surface area contributed by atoms with E-state index in [9.17, 15) is 23.2 Å². The molecular formula is C24H22F2N8O5S. The molecule has 208 valence electrons. The zero-order chi connectivity index (χ0) is 28.8. The Hall–Kier alpha value is -5.12. The smallest absolute Gasteiger partial charge is 0.321 e. The first-order valence-corrected chi connectivity index (χ1v) is 12.3. The van der Waals surface area contributed by atoms with Crippen LogP contribution in [0.1, 0.15) is 17.3 Å². The molecule has 16 heteroatoms. The summed E-state index contributed by atoms with van der Waals surface area (Å²) in [6.45, 7) is 1.77. The number of carbonyl (C=O) groups excluding carboxylic acids is 3. The molecule has 0 aliphatic heterocycles. The summed E-state index contributed by atoms with van der Waals surface area (Å²) in [7, 11) is 1.44. The number of hydrogen-bond donors (Lipinski definition) is 5. The fourth-order valence-corrected chi connectivity index (χ4v) is 4.10. The Morgan fingerprint density at radius 1 is 1.05 bits per heavy atom. The third-order valence-corrected chi connectivity index (χ3v) is 6.13. The lowest BCUT2D eigenvalue weighted by Crippen LogP contribution is -2.36. The highest BCUT2D eigenvalue weighted by atomic mass is 32.1. The summed E-state index contributed by atoms with van der Waals surface area (Å²) in [5, 5.41) is 13.8. The standard InChI is InChI=1S/C24H22F2N8O5S/c1-11(35)28-6-7-29-23(37)33-24-31-19(27)18(40-24)22-32-20(34-39-22)14-9-17(16(26)10-15(14)25)30-21(36)12-4-3-5-13(8-12)38-2/h3-5,8-10H,6-7,27H2,1-2H3,(H,28,35)(H,30,36)(H2,29,31,33,37). The maximum absolute atomic E-state index is 14.7. The van der Waals surface area contributed by atoms with E-state index >= 15 is 0 Å². The summed E-state index contributed by atoms with van der Waals surface area (Å²) in [5.74, 6) is -2.89. The number of rotatable bonds is 9. The SMILES string of the molecule is COc1cccc(C(=O)Nc2cc(-c3noc(-c4sc(NC(=O)NCCNC(C)=O)nc4N)n3)c(F)cc2F)c1. The molecule has 0 radical (unpaired) electrons. The number of nitrogen functional groups attached to an aromatic ring is 1. The number of hydrogen-bond acceptors (Lipinski definition) is 10. The van der Waals surface area contributed by atoms with Crippen molar-refractivity contribution in [3.8, 4) is 27.9 Å². The summed E-state index contributed by atoms with van der Waals surface area (Å²) < 4.78 is 39.5. The first-order chi connectivity index (χ1) is 19.1. The molecule has 40 heavy (non-hydrogen) atoms. The predicted molar refractivity (Wildman–Crippen MR) is 142 cm³/mol. The molecule has 0 unspecified atom stereocenters. The zero-order valence-electron chi connectivity index (χ0n) is 21.0. The third kappa shape index (κ3) is 6.65. The molecule has 13 nitrogen and oxygen atoms in total. The summed E-state index contributed by atoms with van der Waals surface area (Å²) >= 11 is 0.917. The lowest BCUT2D eigenvalue weighted by Gasteiger charge is -2.09. The zero-order valence-corrected chi connectivity index (χ0v) is 21.8. The average Bonchev–Trinajstić information content (AvgIpc) is 3.54. The summed E-state index contributed by atoms with van der Waals surface area (Å²) in [4.78, 5) is 43.9. The summed E-state index contributed by atoms with van der Waals surface area (Å²) in [6, 6.07) is 7.22. The Labute approximate surface area is 229 Å². The van der Waals surface area contributed by atoms with Crippen LogP contribution in [-0.2, 0) is 4.79 Å². The van der Waals surface area contributed by atoms with Gasteiger partial charge in [-0.1, -0.05) is 22.6 Å². The van der Waals surface area contributed by atoms with Gasteiger partial charge in [0.1, 0.15) is 28.1 Å². The minimum Gasteiger partial charge on any atom is -0.497 e. The van der Waals surface area contributed by atoms with Crippen LogP contribution in [0.4, 0.5) is 30.2 Å². The van der Waals surface area contributed by atoms with Gasteiger partial charge in [-0.3, -0.25) is 14.9 Å². The van der Waals surface area contributed by atoms with Gasteiger partial charge in [0.05, 0.1) is 18.4 Å². The van der Waals surface area contributed by atoms with Crippen LogP contribution >= 0.6 is 11.3 Å². The Balaban J connectivity index is 1.49. The minimum absolute atomic E-state index is 0.0421. The van der Waals surface area contributed by atoms with Crippen molar-refractivity contribution in [2.24, 2.45) is 0 Å². The molecule has 2 heterocycles. The van der Waals surface area contributed by atoms with Gasteiger partial charge in [0.25, 0.3) is 11.8 Å². The topological polar surface area (TPSA) is 186 Å². The molecule has 4 aromatic rings. The molecule has 6 N–H and O–H groups in total. The fourth-order valence-electron chi connectivity index (χ4n) is 3.29. The average molecular weight is 573 g/mol. The van der Waals surface area contributed by atoms with Gasteiger partial charge in [0.15, 0.2) is 5.13 Å². The quantitative estimate of drug-likeness (QED) is 0.188. The van der Waals surface area contributed by atoms with Crippen molar-refractivity contribution in [3.63, 3.8) is 0 Å². The van der Waals surface area contributed by atoms with Crippen LogP contribution in [0, 0.1) is 11.6 Å². The van der Waals surface area contributed by atoms with E-state index in [1.807, 2.05) is 0 Å². The molecule has 0 bridgehead atoms. The van der Waals surface area contributed by atoms with Crippen molar-refractivity contribution < 1.29 is 32.4 Å². The maximum atomic E-state index is 14.7. The van der Waals surface area contributed by atoms with Crippen LogP contribution in [0.5, 0.6) is 5.75 Å². The van der Waals surface area contributed by atoms with E-state index in [1.54, 1.807) is 12.1 Å². The van der Waals surface area contributed by atoms with Gasteiger partial charge in [-0.2, -0.15) is 4.98 Å². The number of ether oxygens (including phenoxy) is 1. The molecule has 0 fully saturated rings. The number of methoxy groups -OCH3 is 1. The van der Waals surface area contributed by atoms with E-state index < -0.39 is 23.6 Å². The first kappa shape index (κ1) is 27.9. The monoisotopic (exact) mass is 572 g/mol. The Morgan fingerprint density at radius 3 is 2.58 bits per heavy atom. The highest BCUT2D eigenvalue weighted by Crippen LogP contribution is 2.35. The Morgan fingerprint density at radius 2 is 1.82 bits per heavy atom. The third-order valence-electron chi connectivity index (χ3n) is 5.16. The maximum Gasteiger partial charge on any atom is 0.321 e. The molecule has 4 amide bonds. The molecule has 4 rings (SSSR count). The van der Waals surface area contributed by atoms with Crippen molar-refractivity contribution in [2.45, 2.75) is 6.92 Å². The summed E-state index contributed by atoms with van der Waals surface area (Å²) in [5.41, 5.74) is 5.55. The molecule has 0 aliphatic rings. The van der Waals surface area contributed by atoms with Crippen molar-refractivity contribution in [2.75, 3.05) is 36.6 Å². The lowest BCUT2D eigenvalue weighted by molar-refractivity contribution is -0.118. The van der Waals surface area contributed by atoms with Crippen molar-refractivity contribution in [1.29, 1.82) is 0 Å². The van der Waals surface area contributed by atoms with E-state index in [2.05, 4.69) is 36.4 Å². The predicted octanol–water partition coefficient (Wildman–Crippen LogP) is 3.24. The van der Waals surface area contributed by atoms with Gasteiger partial charge in [0, 0.05) is 31.6 Å². The number of aromatic nitrogens is 3. The normalized spacial score (nSPS) is 10.6. The van der Waals surface area contributed by atoms with Crippen molar-refractivity contribution in [3.05, 3.63) is 53.6 Å². The van der Waals surface area contributed by atoms with E-state index in [0.717, 1.165) is 17.4 Å². The number of benzene rings is 2. The lowest BCUT2D eigenvalue weighted by atomic mass is 10.1. The number of anilines is 3. The molecule has 0 saturated carbocycles. The number of thiazole rings is 1.